The molecule has 1 aliphatic carbocycles. The number of hydrogen-bond donors (Lipinski definition) is 1. The maximum Gasteiger partial charge on any atom is 0.394 e. The van der Waals surface area contributed by atoms with E-state index in [1.54, 1.807) is 0 Å². The smallest absolute Gasteiger partial charge is 0.351 e. The van der Waals surface area contributed by atoms with Gasteiger partial charge in [-0.15, -0.1) is 0 Å². The van der Waals surface area contributed by atoms with E-state index < -0.39 is 106 Å². The monoisotopic (exact) mass is 679 g/mol. The first-order chi connectivity index (χ1) is 20.5. The van der Waals surface area contributed by atoms with Crippen molar-refractivity contribution in [2.24, 2.45) is 5.92 Å². The van der Waals surface area contributed by atoms with Crippen LogP contribution in [0, 0.1) is 23.2 Å². The maximum atomic E-state index is 14.3. The minimum absolute atomic E-state index is 0.142. The summed E-state index contributed by atoms with van der Waals surface area (Å²) < 4.78 is 151. The molecule has 1 aromatic heterocycles. The average Bonchev–Trinajstić information content (AvgIpc) is 3.36. The van der Waals surface area contributed by atoms with Gasteiger partial charge in [0.25, 0.3) is 5.91 Å². The first kappa shape index (κ1) is 34.1. The Balaban J connectivity index is 1.88. The van der Waals surface area contributed by atoms with E-state index >= 15 is 0 Å². The summed E-state index contributed by atoms with van der Waals surface area (Å²) in [5, 5.41) is 11.9. The van der Waals surface area contributed by atoms with Crippen molar-refractivity contribution in [3.63, 3.8) is 0 Å². The molecule has 1 aliphatic heterocycles. The van der Waals surface area contributed by atoms with Crippen LogP contribution in [-0.4, -0.2) is 52.4 Å². The Morgan fingerprint density at radius 1 is 1.04 bits per heavy atom. The van der Waals surface area contributed by atoms with Crippen LogP contribution in [0.1, 0.15) is 43.7 Å². The number of nitrogens with zero attached hydrogens (tertiary/aromatic N) is 4. The van der Waals surface area contributed by atoms with E-state index in [0.29, 0.717) is 29.3 Å². The van der Waals surface area contributed by atoms with Gasteiger partial charge in [-0.05, 0) is 49.6 Å². The number of carbonyl (C=O) groups is 2. The quantitative estimate of drug-likeness (QED) is 0.244. The Kier molecular flexibility index (Phi) is 8.26. The van der Waals surface area contributed by atoms with E-state index in [0.717, 1.165) is 6.20 Å². The largest absolute Gasteiger partial charge is 0.394 e. The number of halogens is 11. The minimum Gasteiger partial charge on any atom is -0.351 e. The third-order valence-electron chi connectivity index (χ3n) is 7.61. The van der Waals surface area contributed by atoms with Gasteiger partial charge in [0.2, 0.25) is 11.8 Å². The van der Waals surface area contributed by atoms with Gasteiger partial charge in [-0.2, -0.15) is 18.4 Å². The molecule has 3 unspecified atom stereocenters. The number of nitriles is 1. The van der Waals surface area contributed by atoms with Crippen molar-refractivity contribution in [1.29, 1.82) is 5.26 Å². The Morgan fingerprint density at radius 2 is 1.64 bits per heavy atom. The Labute approximate surface area is 248 Å². The molecule has 248 valence electrons. The third-order valence-corrected chi connectivity index (χ3v) is 8.77. The zero-order chi connectivity index (χ0) is 33.7. The molecule has 45 heavy (non-hydrogen) atoms. The van der Waals surface area contributed by atoms with Crippen LogP contribution in [0.2, 0.25) is 0 Å². The number of amides is 2. The summed E-state index contributed by atoms with van der Waals surface area (Å²) in [7, 11) is -10.3. The first-order valence-corrected chi connectivity index (χ1v) is 15.1. The van der Waals surface area contributed by atoms with Gasteiger partial charge in [0.05, 0.1) is 12.1 Å². The Hall–Kier alpha value is -3.82. The van der Waals surface area contributed by atoms with E-state index in [4.69, 9.17) is 0 Å². The molecular weight excluding hydrogens is 655 g/mol. The molecular formula is C26H24F11N5O2S. The fourth-order valence-electron chi connectivity index (χ4n) is 5.42. The lowest BCUT2D eigenvalue weighted by molar-refractivity contribution is -0.181. The molecule has 2 heterocycles. The molecule has 0 spiro atoms. The second-order valence-corrected chi connectivity index (χ2v) is 13.2. The molecule has 2 fully saturated rings. The van der Waals surface area contributed by atoms with Crippen LogP contribution >= 0.6 is 10.2 Å². The van der Waals surface area contributed by atoms with Gasteiger partial charge < -0.3 is 5.32 Å². The second-order valence-electron chi connectivity index (χ2n) is 10.8. The molecule has 1 N–H and O–H groups in total. The summed E-state index contributed by atoms with van der Waals surface area (Å²) in [6.07, 6.45) is -4.81. The molecule has 0 radical (unpaired) electrons. The van der Waals surface area contributed by atoms with E-state index in [1.165, 1.54) is 6.19 Å². The van der Waals surface area contributed by atoms with Crippen molar-refractivity contribution < 1.29 is 55.4 Å². The summed E-state index contributed by atoms with van der Waals surface area (Å²) in [6.45, 7) is -0.581. The molecule has 4 rings (SSSR count). The lowest BCUT2D eigenvalue weighted by Gasteiger charge is -2.41. The predicted molar refractivity (Wildman–Crippen MR) is 138 cm³/mol. The fraction of sp³-hybridized carbons (Fsp3) is 0.462. The van der Waals surface area contributed by atoms with Crippen LogP contribution in [0.25, 0.3) is 0 Å². The summed E-state index contributed by atoms with van der Waals surface area (Å²) in [5.74, 6) is -9.59. The number of likely N-dealkylation sites (tertiary alicyclic amines) is 1. The summed E-state index contributed by atoms with van der Waals surface area (Å²) in [6, 6.07) is -4.54. The summed E-state index contributed by atoms with van der Waals surface area (Å²) in [5.41, 5.74) is -1.31. The summed E-state index contributed by atoms with van der Waals surface area (Å²) in [4.78, 5) is 29.6. The van der Waals surface area contributed by atoms with Crippen LogP contribution < -0.4 is 10.2 Å². The molecule has 19 heteroatoms. The van der Waals surface area contributed by atoms with Crippen LogP contribution in [0.15, 0.2) is 47.6 Å². The van der Waals surface area contributed by atoms with Gasteiger partial charge >= 0.3 is 16.4 Å². The number of pyridine rings is 1. The third kappa shape index (κ3) is 7.71. The van der Waals surface area contributed by atoms with Crippen LogP contribution in [0.5, 0.6) is 0 Å². The molecule has 1 saturated carbocycles. The van der Waals surface area contributed by atoms with E-state index in [2.05, 4.69) is 10.3 Å². The highest BCUT2D eigenvalue weighted by Crippen LogP contribution is 3.02. The number of anilines is 1. The van der Waals surface area contributed by atoms with Crippen LogP contribution in [0.3, 0.4) is 0 Å². The second kappa shape index (κ2) is 10.9. The maximum absolute atomic E-state index is 14.3. The fourth-order valence-corrected chi connectivity index (χ4v) is 6.07. The zero-order valence-electron chi connectivity index (χ0n) is 22.8. The number of aromatic nitrogens is 1. The van der Waals surface area contributed by atoms with Crippen LogP contribution in [-0.2, 0) is 9.59 Å². The normalized spacial score (nSPS) is 22.9. The molecule has 3 atom stereocenters. The van der Waals surface area contributed by atoms with Gasteiger partial charge in [-0.1, -0.05) is 19.4 Å². The Bertz CT molecular complexity index is 1490. The van der Waals surface area contributed by atoms with Gasteiger partial charge in [0.1, 0.15) is 22.8 Å². The zero-order valence-corrected chi connectivity index (χ0v) is 23.6. The van der Waals surface area contributed by atoms with Gasteiger partial charge in [-0.3, -0.25) is 24.4 Å². The lowest BCUT2D eigenvalue weighted by atomic mass is 9.91. The molecule has 2 amide bonds. The van der Waals surface area contributed by atoms with Gasteiger partial charge in [0.15, 0.2) is 6.19 Å². The number of nitrogens with one attached hydrogen (secondary N) is 1. The topological polar surface area (TPSA) is 89.3 Å². The first-order valence-electron chi connectivity index (χ1n) is 13.2. The van der Waals surface area contributed by atoms with Crippen LogP contribution in [0.4, 0.5) is 51.5 Å². The molecule has 2 aromatic rings. The summed E-state index contributed by atoms with van der Waals surface area (Å²) >= 11 is 0. The molecule has 1 saturated heterocycles. The van der Waals surface area contributed by atoms with E-state index in [1.807, 2.05) is 0 Å². The lowest BCUT2D eigenvalue weighted by Crippen LogP contribution is -2.54. The highest BCUT2D eigenvalue weighted by atomic mass is 32.5. The molecule has 2 aliphatic rings. The van der Waals surface area contributed by atoms with Crippen molar-refractivity contribution in [3.8, 4) is 6.19 Å². The molecule has 0 bridgehead atoms. The molecule has 1 aromatic carbocycles. The van der Waals surface area contributed by atoms with Gasteiger partial charge in [0, 0.05) is 42.9 Å². The number of carbonyl (C=O) groups excluding carboxylic acids is 2. The van der Waals surface area contributed by atoms with E-state index in [-0.39, 0.29) is 29.9 Å². The minimum atomic E-state index is -10.3. The number of alkyl halides is 5. The highest BCUT2D eigenvalue weighted by Gasteiger charge is 2.65. The average molecular weight is 680 g/mol. The van der Waals surface area contributed by atoms with Crippen molar-refractivity contribution in [2.75, 3.05) is 11.4 Å². The van der Waals surface area contributed by atoms with Gasteiger partial charge in [-0.25, -0.2) is 13.2 Å². The predicted octanol–water partition coefficient (Wildman–Crippen LogP) is 7.38. The molecule has 7 nitrogen and oxygen atoms in total. The SMILES string of the molecule is N#CN1CCC(C(F)(F)F)C1C(=O)N(c1ccc(S(F)(F)(F)(F)F)cc1)C(C(=O)NC1CCC(F)(F)CC1)c1cncc(F)c1. The highest BCUT2D eigenvalue weighted by molar-refractivity contribution is 8.45. The van der Waals surface area contributed by atoms with Crippen molar-refractivity contribution in [2.45, 2.75) is 67.2 Å². The Morgan fingerprint density at radius 3 is 2.16 bits per heavy atom. The number of rotatable bonds is 7. The van der Waals surface area contributed by atoms with E-state index in [9.17, 15) is 60.6 Å². The number of benzene rings is 1. The standard InChI is InChI=1S/C26H24F11N5O2S/c27-16-11-15(12-39-13-16)21(23(43)40-17-5-8-25(28,29)9-6-17)42(18-1-3-19(4-2-18)45(33,34,35,36)37)24(44)22-20(26(30,31)32)7-10-41(22)14-38/h1-4,11-13,17,20-22H,5-10H2,(H,40,43). The van der Waals surface area contributed by atoms with Crippen molar-refractivity contribution in [1.82, 2.24) is 15.2 Å². The van der Waals surface area contributed by atoms with Crippen molar-refractivity contribution in [3.05, 3.63) is 54.1 Å². The number of hydrogen-bond acceptors (Lipinski definition) is 5. The van der Waals surface area contributed by atoms with Crippen molar-refractivity contribution >= 4 is 27.7 Å².